The number of alkyl halides is 2. The Morgan fingerprint density at radius 3 is 2.85 bits per heavy atom. The number of ether oxygens (including phenoxy) is 1. The normalized spacial score (nSPS) is 15.7. The summed E-state index contributed by atoms with van der Waals surface area (Å²) in [5, 5.41) is 11.6. The van der Waals surface area contributed by atoms with Gasteiger partial charge in [-0.2, -0.15) is 5.10 Å². The molecule has 1 aliphatic carbocycles. The van der Waals surface area contributed by atoms with Crippen molar-refractivity contribution in [2.24, 2.45) is 0 Å². The fourth-order valence-electron chi connectivity index (χ4n) is 2.68. The molecule has 2 aromatic rings. The molecule has 2 amide bonds. The lowest BCUT2D eigenvalue weighted by molar-refractivity contribution is -0.0896. The van der Waals surface area contributed by atoms with Gasteiger partial charge in [-0.05, 0) is 18.6 Å². The fraction of sp³-hybridized carbons (Fsp3) is 0.412. The van der Waals surface area contributed by atoms with Gasteiger partial charge in [-0.15, -0.1) is 0 Å². The minimum atomic E-state index is -2.68. The van der Waals surface area contributed by atoms with Crippen LogP contribution in [0.4, 0.5) is 13.6 Å². The first kappa shape index (κ1) is 18.7. The Hall–Kier alpha value is -3.04. The Morgan fingerprint density at radius 2 is 2.15 bits per heavy atom. The molecule has 10 heteroatoms. The smallest absolute Gasteiger partial charge is 0.375 e. The van der Waals surface area contributed by atoms with Crippen LogP contribution in [0.25, 0.3) is 11.4 Å². The van der Waals surface area contributed by atoms with Gasteiger partial charge in [0.25, 0.3) is 5.92 Å². The average Bonchev–Trinajstić information content (AvgIpc) is 3.09. The molecule has 1 aliphatic rings. The summed E-state index contributed by atoms with van der Waals surface area (Å²) < 4.78 is 30.4. The van der Waals surface area contributed by atoms with Gasteiger partial charge in [-0.3, -0.25) is 5.10 Å². The van der Waals surface area contributed by atoms with Gasteiger partial charge in [0.15, 0.2) is 5.82 Å². The summed E-state index contributed by atoms with van der Waals surface area (Å²) in [6, 6.07) is 6.08. The van der Waals surface area contributed by atoms with Crippen LogP contribution in [0.5, 0.6) is 0 Å². The molecule has 1 aromatic carbocycles. The lowest BCUT2D eigenvalue weighted by Gasteiger charge is -2.35. The minimum absolute atomic E-state index is 0.00653. The summed E-state index contributed by atoms with van der Waals surface area (Å²) in [5.74, 6) is -2.94. The number of hydrogen-bond acceptors (Lipinski definition) is 5. The highest BCUT2D eigenvalue weighted by Gasteiger charge is 2.45. The molecule has 0 spiro atoms. The van der Waals surface area contributed by atoms with Gasteiger partial charge in [0.1, 0.15) is 0 Å². The number of carbonyl (C=O) groups excluding carboxylic acids is 2. The van der Waals surface area contributed by atoms with Crippen LogP contribution in [0.3, 0.4) is 0 Å². The summed E-state index contributed by atoms with van der Waals surface area (Å²) in [7, 11) is 0. The molecule has 1 fully saturated rings. The van der Waals surface area contributed by atoms with E-state index in [9.17, 15) is 18.4 Å². The van der Waals surface area contributed by atoms with Crippen LogP contribution in [0.15, 0.2) is 24.3 Å². The van der Waals surface area contributed by atoms with Crippen molar-refractivity contribution < 1.29 is 23.1 Å². The van der Waals surface area contributed by atoms with Gasteiger partial charge >= 0.3 is 12.0 Å². The lowest BCUT2D eigenvalue weighted by atomic mass is 9.88. The standard InChI is InChI=1S/C17H19F2N5O3/c1-2-27-15(25)14-22-13(23-24-14)11-5-3-4-10(6-11)9-20-16(26)21-12-7-17(18,19)8-12/h3-6,12H,2,7-9H2,1H3,(H2,20,21,26)(H,22,23,24). The fourth-order valence-corrected chi connectivity index (χ4v) is 2.68. The summed E-state index contributed by atoms with van der Waals surface area (Å²) in [6.45, 7) is 2.13. The van der Waals surface area contributed by atoms with Crippen LogP contribution in [0.1, 0.15) is 35.9 Å². The van der Waals surface area contributed by atoms with Crippen LogP contribution in [-0.2, 0) is 11.3 Å². The van der Waals surface area contributed by atoms with Crippen molar-refractivity contribution in [1.82, 2.24) is 25.8 Å². The third-order valence-corrected chi connectivity index (χ3v) is 4.02. The second kappa shape index (κ2) is 7.68. The number of aromatic amines is 1. The number of hydrogen-bond donors (Lipinski definition) is 3. The number of carbonyl (C=O) groups is 2. The highest BCUT2D eigenvalue weighted by Crippen LogP contribution is 2.37. The zero-order chi connectivity index (χ0) is 19.4. The Kier molecular flexibility index (Phi) is 5.33. The van der Waals surface area contributed by atoms with Gasteiger partial charge in [0.2, 0.25) is 5.82 Å². The van der Waals surface area contributed by atoms with E-state index in [0.717, 1.165) is 5.56 Å². The molecule has 1 heterocycles. The van der Waals surface area contributed by atoms with E-state index in [1.807, 2.05) is 0 Å². The van der Waals surface area contributed by atoms with Crippen molar-refractivity contribution in [3.05, 3.63) is 35.7 Å². The van der Waals surface area contributed by atoms with Crippen LogP contribution < -0.4 is 10.6 Å². The molecule has 0 aliphatic heterocycles. The second-order valence-electron chi connectivity index (χ2n) is 6.22. The third-order valence-electron chi connectivity index (χ3n) is 4.02. The molecule has 1 aromatic heterocycles. The number of rotatable bonds is 6. The van der Waals surface area contributed by atoms with Gasteiger partial charge < -0.3 is 15.4 Å². The molecule has 0 unspecified atom stereocenters. The molecule has 27 heavy (non-hydrogen) atoms. The van der Waals surface area contributed by atoms with Crippen LogP contribution >= 0.6 is 0 Å². The van der Waals surface area contributed by atoms with Crippen molar-refractivity contribution in [2.45, 2.75) is 38.3 Å². The van der Waals surface area contributed by atoms with E-state index in [2.05, 4.69) is 25.8 Å². The minimum Gasteiger partial charge on any atom is -0.460 e. The largest absolute Gasteiger partial charge is 0.460 e. The van der Waals surface area contributed by atoms with Crippen molar-refractivity contribution in [3.8, 4) is 11.4 Å². The molecular formula is C17H19F2N5O3. The molecule has 0 atom stereocenters. The van der Waals surface area contributed by atoms with Crippen LogP contribution in [0, 0.1) is 0 Å². The van der Waals surface area contributed by atoms with Gasteiger partial charge in [0, 0.05) is 31.0 Å². The number of nitrogens with one attached hydrogen (secondary N) is 3. The maximum absolute atomic E-state index is 12.8. The monoisotopic (exact) mass is 379 g/mol. The quantitative estimate of drug-likeness (QED) is 0.667. The molecule has 3 rings (SSSR count). The van der Waals surface area contributed by atoms with Gasteiger partial charge in [-0.1, -0.05) is 18.2 Å². The maximum atomic E-state index is 12.8. The average molecular weight is 379 g/mol. The van der Waals surface area contributed by atoms with E-state index in [1.165, 1.54) is 0 Å². The number of aromatic nitrogens is 3. The third kappa shape index (κ3) is 4.78. The van der Waals surface area contributed by atoms with Crippen molar-refractivity contribution >= 4 is 12.0 Å². The highest BCUT2D eigenvalue weighted by atomic mass is 19.3. The zero-order valence-corrected chi connectivity index (χ0v) is 14.6. The molecule has 1 saturated carbocycles. The lowest BCUT2D eigenvalue weighted by Crippen LogP contribution is -2.52. The Bertz CT molecular complexity index is 831. The second-order valence-corrected chi connectivity index (χ2v) is 6.22. The molecular weight excluding hydrogens is 360 g/mol. The van der Waals surface area contributed by atoms with E-state index >= 15 is 0 Å². The summed E-state index contributed by atoms with van der Waals surface area (Å²) in [4.78, 5) is 27.5. The Balaban J connectivity index is 1.56. The molecule has 0 saturated heterocycles. The topological polar surface area (TPSA) is 109 Å². The van der Waals surface area contributed by atoms with E-state index in [4.69, 9.17) is 4.74 Å². The number of esters is 1. The Labute approximate surface area is 153 Å². The predicted molar refractivity (Wildman–Crippen MR) is 91.1 cm³/mol. The van der Waals surface area contributed by atoms with E-state index in [0.29, 0.717) is 11.4 Å². The van der Waals surface area contributed by atoms with Crippen LogP contribution in [-0.4, -0.2) is 45.8 Å². The number of halogens is 2. The van der Waals surface area contributed by atoms with Crippen LogP contribution in [0.2, 0.25) is 0 Å². The SMILES string of the molecule is CCOC(=O)c1nc(-c2cccc(CNC(=O)NC3CC(F)(F)C3)c2)n[nH]1. The summed E-state index contributed by atoms with van der Waals surface area (Å²) >= 11 is 0. The van der Waals surface area contributed by atoms with Crippen molar-refractivity contribution in [1.29, 1.82) is 0 Å². The zero-order valence-electron chi connectivity index (χ0n) is 14.6. The highest BCUT2D eigenvalue weighted by molar-refractivity contribution is 5.85. The molecule has 0 radical (unpaired) electrons. The van der Waals surface area contributed by atoms with Gasteiger partial charge in [-0.25, -0.2) is 23.4 Å². The van der Waals surface area contributed by atoms with E-state index in [-0.39, 0.29) is 31.8 Å². The number of nitrogens with zero attached hydrogens (tertiary/aromatic N) is 2. The van der Waals surface area contributed by atoms with E-state index in [1.54, 1.807) is 31.2 Å². The number of benzene rings is 1. The molecule has 3 N–H and O–H groups in total. The maximum Gasteiger partial charge on any atom is 0.375 e. The van der Waals surface area contributed by atoms with E-state index < -0.39 is 24.0 Å². The summed E-state index contributed by atoms with van der Waals surface area (Å²) in [6.07, 6.45) is -0.660. The predicted octanol–water partition coefficient (Wildman–Crippen LogP) is 2.25. The molecule has 8 nitrogen and oxygen atoms in total. The first-order chi connectivity index (χ1) is 12.9. The first-order valence-corrected chi connectivity index (χ1v) is 8.47. The van der Waals surface area contributed by atoms with Crippen molar-refractivity contribution in [2.75, 3.05) is 6.61 Å². The number of amides is 2. The summed E-state index contributed by atoms with van der Waals surface area (Å²) in [5.41, 5.74) is 1.42. The number of urea groups is 1. The first-order valence-electron chi connectivity index (χ1n) is 8.47. The Morgan fingerprint density at radius 1 is 1.37 bits per heavy atom. The van der Waals surface area contributed by atoms with Gasteiger partial charge in [0.05, 0.1) is 6.61 Å². The number of H-pyrrole nitrogens is 1. The molecule has 0 bridgehead atoms. The van der Waals surface area contributed by atoms with Crippen molar-refractivity contribution in [3.63, 3.8) is 0 Å². The molecule has 144 valence electrons.